The van der Waals surface area contributed by atoms with Gasteiger partial charge in [-0.3, -0.25) is 15.4 Å². The predicted octanol–water partition coefficient (Wildman–Crippen LogP) is 1.60. The van der Waals surface area contributed by atoms with Crippen molar-refractivity contribution in [1.82, 2.24) is 4.57 Å². The molecule has 1 aromatic rings. The number of ether oxygens (including phenoxy) is 1. The molecule has 0 aromatic carbocycles. The van der Waals surface area contributed by atoms with Crippen molar-refractivity contribution in [2.75, 3.05) is 13.7 Å². The number of nitrogens with zero attached hydrogens (tertiary/aromatic N) is 1. The van der Waals surface area contributed by atoms with E-state index in [-0.39, 0.29) is 11.3 Å². The fraction of sp³-hybridized carbons (Fsp3) is 0.455. The van der Waals surface area contributed by atoms with Crippen molar-refractivity contribution in [2.24, 2.45) is 5.41 Å². The fourth-order valence-electron chi connectivity index (χ4n) is 1.42. The summed E-state index contributed by atoms with van der Waals surface area (Å²) in [6, 6.07) is 2.53. The van der Waals surface area contributed by atoms with Crippen molar-refractivity contribution in [3.63, 3.8) is 0 Å². The SMILES string of the molecule is COCC(C)(C)C(=N)n1cc(F)ccc1=N. The van der Waals surface area contributed by atoms with Gasteiger partial charge in [0.25, 0.3) is 0 Å². The molecule has 5 heteroatoms. The molecule has 0 aliphatic carbocycles. The summed E-state index contributed by atoms with van der Waals surface area (Å²) in [5.41, 5.74) is -0.487. The van der Waals surface area contributed by atoms with Gasteiger partial charge in [-0.2, -0.15) is 0 Å². The van der Waals surface area contributed by atoms with Gasteiger partial charge in [0, 0.05) is 18.7 Å². The Hall–Kier alpha value is -1.49. The number of methoxy groups -OCH3 is 1. The fourth-order valence-corrected chi connectivity index (χ4v) is 1.42. The lowest BCUT2D eigenvalue weighted by molar-refractivity contribution is 0.140. The third-order valence-electron chi connectivity index (χ3n) is 2.30. The van der Waals surface area contributed by atoms with E-state index in [1.54, 1.807) is 7.11 Å². The molecular weight excluding hydrogens is 209 g/mol. The first-order chi connectivity index (χ1) is 7.38. The lowest BCUT2D eigenvalue weighted by Crippen LogP contribution is -2.39. The van der Waals surface area contributed by atoms with E-state index < -0.39 is 11.2 Å². The molecule has 0 bridgehead atoms. The highest BCUT2D eigenvalue weighted by Gasteiger charge is 2.25. The van der Waals surface area contributed by atoms with Crippen molar-refractivity contribution in [2.45, 2.75) is 13.8 Å². The molecule has 0 amide bonds. The molecule has 1 aromatic heterocycles. The number of hydrogen-bond acceptors (Lipinski definition) is 3. The van der Waals surface area contributed by atoms with E-state index in [9.17, 15) is 4.39 Å². The van der Waals surface area contributed by atoms with Crippen LogP contribution in [0.5, 0.6) is 0 Å². The number of aromatic nitrogens is 1. The Morgan fingerprint density at radius 2 is 2.12 bits per heavy atom. The summed E-state index contributed by atoms with van der Waals surface area (Å²) in [5, 5.41) is 15.6. The van der Waals surface area contributed by atoms with E-state index in [1.165, 1.54) is 16.7 Å². The van der Waals surface area contributed by atoms with E-state index in [1.807, 2.05) is 13.8 Å². The molecule has 0 unspecified atom stereocenters. The van der Waals surface area contributed by atoms with Crippen molar-refractivity contribution in [3.8, 4) is 0 Å². The molecule has 0 saturated heterocycles. The van der Waals surface area contributed by atoms with Crippen LogP contribution in [-0.4, -0.2) is 24.1 Å². The van der Waals surface area contributed by atoms with E-state index in [4.69, 9.17) is 15.6 Å². The van der Waals surface area contributed by atoms with Crippen LogP contribution in [0.15, 0.2) is 18.3 Å². The van der Waals surface area contributed by atoms with E-state index in [0.29, 0.717) is 6.61 Å². The van der Waals surface area contributed by atoms with Crippen molar-refractivity contribution in [1.29, 1.82) is 10.8 Å². The maximum absolute atomic E-state index is 13.0. The third-order valence-corrected chi connectivity index (χ3v) is 2.30. The zero-order chi connectivity index (χ0) is 12.3. The summed E-state index contributed by atoms with van der Waals surface area (Å²) in [6.45, 7) is 3.97. The van der Waals surface area contributed by atoms with Gasteiger partial charge in [0.15, 0.2) is 0 Å². The molecule has 16 heavy (non-hydrogen) atoms. The molecule has 0 aliphatic heterocycles. The normalized spacial score (nSPS) is 11.5. The summed E-state index contributed by atoms with van der Waals surface area (Å²) < 4.78 is 19.3. The number of hydrogen-bond donors (Lipinski definition) is 2. The Morgan fingerprint density at radius 1 is 1.50 bits per heavy atom. The Bertz CT molecular complexity index is 451. The summed E-state index contributed by atoms with van der Waals surface area (Å²) in [6.07, 6.45) is 1.14. The van der Waals surface area contributed by atoms with Gasteiger partial charge in [0.05, 0.1) is 6.61 Å². The molecule has 0 atom stereocenters. The molecule has 4 nitrogen and oxygen atoms in total. The molecule has 0 fully saturated rings. The second-order valence-electron chi connectivity index (χ2n) is 4.27. The highest BCUT2D eigenvalue weighted by atomic mass is 19.1. The molecule has 0 saturated carbocycles. The predicted molar refractivity (Wildman–Crippen MR) is 59.0 cm³/mol. The lowest BCUT2D eigenvalue weighted by atomic mass is 9.93. The van der Waals surface area contributed by atoms with Crippen LogP contribution in [0.25, 0.3) is 0 Å². The third kappa shape index (κ3) is 2.55. The zero-order valence-electron chi connectivity index (χ0n) is 9.67. The molecule has 88 valence electrons. The molecule has 0 aliphatic rings. The van der Waals surface area contributed by atoms with Crippen LogP contribution >= 0.6 is 0 Å². The van der Waals surface area contributed by atoms with Gasteiger partial charge in [-0.25, -0.2) is 4.39 Å². The number of pyridine rings is 1. The van der Waals surface area contributed by atoms with Crippen LogP contribution in [0.2, 0.25) is 0 Å². The highest BCUT2D eigenvalue weighted by Crippen LogP contribution is 2.17. The van der Waals surface area contributed by atoms with Gasteiger partial charge in [-0.05, 0) is 12.1 Å². The molecule has 1 rings (SSSR count). The largest absolute Gasteiger partial charge is 0.384 e. The highest BCUT2D eigenvalue weighted by molar-refractivity contribution is 5.86. The van der Waals surface area contributed by atoms with Gasteiger partial charge in [0.1, 0.15) is 17.1 Å². The van der Waals surface area contributed by atoms with Crippen LogP contribution in [-0.2, 0) is 4.74 Å². The summed E-state index contributed by atoms with van der Waals surface area (Å²) in [4.78, 5) is 0. The Morgan fingerprint density at radius 3 is 2.69 bits per heavy atom. The molecule has 0 spiro atoms. The average Bonchev–Trinajstić information content (AvgIpc) is 2.20. The second kappa shape index (κ2) is 4.57. The lowest BCUT2D eigenvalue weighted by Gasteiger charge is -2.25. The minimum atomic E-state index is -0.566. The summed E-state index contributed by atoms with van der Waals surface area (Å²) in [7, 11) is 1.55. The standard InChI is InChI=1S/C11H16FN3O/c1-11(2,7-16-3)10(14)15-6-8(12)4-5-9(15)13/h4-6,13-14H,7H2,1-3H3. The zero-order valence-corrected chi connectivity index (χ0v) is 9.67. The van der Waals surface area contributed by atoms with Gasteiger partial charge < -0.3 is 4.74 Å². The minimum absolute atomic E-state index is 0.0792. The maximum atomic E-state index is 13.0. The van der Waals surface area contributed by atoms with Gasteiger partial charge in [-0.1, -0.05) is 13.8 Å². The Kier molecular flexibility index (Phi) is 3.59. The van der Waals surface area contributed by atoms with Crippen LogP contribution in [0, 0.1) is 22.1 Å². The maximum Gasteiger partial charge on any atom is 0.139 e. The van der Waals surface area contributed by atoms with Crippen LogP contribution < -0.4 is 5.49 Å². The Balaban J connectivity index is 3.14. The molecule has 0 radical (unpaired) electrons. The van der Waals surface area contributed by atoms with Crippen molar-refractivity contribution < 1.29 is 9.13 Å². The van der Waals surface area contributed by atoms with Gasteiger partial charge in [-0.15, -0.1) is 0 Å². The smallest absolute Gasteiger partial charge is 0.139 e. The van der Waals surface area contributed by atoms with E-state index >= 15 is 0 Å². The first-order valence-corrected chi connectivity index (χ1v) is 4.89. The molecule has 2 N–H and O–H groups in total. The van der Waals surface area contributed by atoms with E-state index in [2.05, 4.69) is 0 Å². The van der Waals surface area contributed by atoms with Gasteiger partial charge >= 0.3 is 0 Å². The molecular formula is C11H16FN3O. The second-order valence-corrected chi connectivity index (χ2v) is 4.27. The van der Waals surface area contributed by atoms with Crippen LogP contribution in [0.4, 0.5) is 4.39 Å². The van der Waals surface area contributed by atoms with Crippen LogP contribution in [0.3, 0.4) is 0 Å². The molecule has 1 heterocycles. The first kappa shape index (κ1) is 12.6. The Labute approximate surface area is 93.7 Å². The van der Waals surface area contributed by atoms with Crippen molar-refractivity contribution in [3.05, 3.63) is 29.6 Å². The van der Waals surface area contributed by atoms with Gasteiger partial charge in [0.2, 0.25) is 0 Å². The first-order valence-electron chi connectivity index (χ1n) is 4.89. The van der Waals surface area contributed by atoms with E-state index in [0.717, 1.165) is 6.20 Å². The van der Waals surface area contributed by atoms with Crippen molar-refractivity contribution >= 4 is 5.84 Å². The quantitative estimate of drug-likeness (QED) is 0.595. The minimum Gasteiger partial charge on any atom is -0.384 e. The average molecular weight is 225 g/mol. The number of nitrogens with one attached hydrogen (secondary N) is 2. The van der Waals surface area contributed by atoms with Crippen LogP contribution in [0.1, 0.15) is 13.8 Å². The number of rotatable bonds is 3. The summed E-state index contributed by atoms with van der Waals surface area (Å²) >= 11 is 0. The topological polar surface area (TPSA) is 61.9 Å². The number of halogens is 1. The monoisotopic (exact) mass is 225 g/mol. The summed E-state index contributed by atoms with van der Waals surface area (Å²) in [5.74, 6) is -0.326.